The van der Waals surface area contributed by atoms with Gasteiger partial charge in [0.25, 0.3) is 6.33 Å². The van der Waals surface area contributed by atoms with Crippen molar-refractivity contribution in [1.82, 2.24) is 14.5 Å². The molecule has 3 aromatic heterocycles. The second-order valence-corrected chi connectivity index (χ2v) is 12.2. The maximum absolute atomic E-state index is 12.7. The molecule has 5 heterocycles. The van der Waals surface area contributed by atoms with E-state index in [-0.39, 0.29) is 63.1 Å². The molecule has 2 aliphatic rings. The summed E-state index contributed by atoms with van der Waals surface area (Å²) in [6.45, 7) is 4.81. The largest absolute Gasteiger partial charge is 1.00 e. The van der Waals surface area contributed by atoms with Crippen LogP contribution >= 0.6 is 23.1 Å². The van der Waals surface area contributed by atoms with Gasteiger partial charge in [0, 0.05) is 11.5 Å². The van der Waals surface area contributed by atoms with E-state index in [1.54, 1.807) is 31.2 Å². The van der Waals surface area contributed by atoms with Gasteiger partial charge in [0.15, 0.2) is 0 Å². The number of aromatic amines is 1. The normalized spacial score (nSPS) is 20.1. The van der Waals surface area contributed by atoms with E-state index in [0.717, 1.165) is 25.9 Å². The van der Waals surface area contributed by atoms with Gasteiger partial charge in [0.05, 0.1) is 35.2 Å². The molecule has 2 aliphatic heterocycles. The number of imidazole rings is 1. The average Bonchev–Trinajstić information content (AvgIpc) is 3.52. The second-order valence-electron chi connectivity index (χ2n) is 10.3. The summed E-state index contributed by atoms with van der Waals surface area (Å²) in [6.07, 6.45) is 8.57. The molecule has 0 bridgehead atoms. The molecular weight excluding hydrogens is 710 g/mol. The zero-order valence-electron chi connectivity index (χ0n) is 22.9. The molecule has 10 nitrogen and oxygen atoms in total. The summed E-state index contributed by atoms with van der Waals surface area (Å²) < 4.78 is 6.12. The number of nitrogens with one attached hydrogen (secondary N) is 1. The average molecular weight is 740 g/mol. The second kappa shape index (κ2) is 12.4. The fourth-order valence-corrected chi connectivity index (χ4v) is 8.18. The first kappa shape index (κ1) is 32.1. The highest BCUT2D eigenvalue weighted by atomic mass is 79.9. The monoisotopic (exact) mass is 737 g/mol. The Bertz CT molecular complexity index is 1740. The van der Waals surface area contributed by atoms with Crippen LogP contribution in [0.2, 0.25) is 0 Å². The molecular formula is C28H29Br2N5O5S2. The number of β-lactam (4-membered cyclic amide) rings is 1. The number of aliphatic hydroxyl groups excluding tert-OH is 1. The Morgan fingerprint density at radius 1 is 1.21 bits per heavy atom. The third-order valence-electron chi connectivity index (χ3n) is 7.74. The molecule has 0 unspecified atom stereocenters. The van der Waals surface area contributed by atoms with Gasteiger partial charge in [0.1, 0.15) is 25.0 Å². The van der Waals surface area contributed by atoms with E-state index < -0.39 is 18.0 Å². The lowest BCUT2D eigenvalue weighted by Crippen LogP contribution is -3.00. The number of aliphatic carboxylic acids is 1. The summed E-state index contributed by atoms with van der Waals surface area (Å²) in [6, 6.07) is 9.47. The van der Waals surface area contributed by atoms with Gasteiger partial charge in [-0.2, -0.15) is 4.40 Å². The number of halogens is 2. The minimum Gasteiger partial charge on any atom is -1.00 e. The van der Waals surface area contributed by atoms with Crippen LogP contribution < -0.4 is 48.5 Å². The van der Waals surface area contributed by atoms with E-state index in [2.05, 4.69) is 27.8 Å². The van der Waals surface area contributed by atoms with Gasteiger partial charge in [-0.15, -0.1) is 0 Å². The lowest BCUT2D eigenvalue weighted by molar-refractivity contribution is -0.691. The Balaban J connectivity index is 0.00000202. The highest BCUT2D eigenvalue weighted by Crippen LogP contribution is 2.51. The first-order valence-electron chi connectivity index (χ1n) is 12.9. The summed E-state index contributed by atoms with van der Waals surface area (Å²) in [7, 11) is 0. The number of hydrogen-bond donors (Lipinski definition) is 3. The molecule has 1 amide bonds. The molecule has 0 saturated carbocycles. The van der Waals surface area contributed by atoms with Crippen molar-refractivity contribution >= 4 is 45.4 Å². The number of nitrogens with zero attached hydrogens (tertiary/aromatic N) is 4. The summed E-state index contributed by atoms with van der Waals surface area (Å²) >= 11 is 3.14. The third kappa shape index (κ3) is 5.39. The van der Waals surface area contributed by atoms with Crippen LogP contribution in [0, 0.1) is 11.8 Å². The Morgan fingerprint density at radius 3 is 2.60 bits per heavy atom. The number of carboxylic acid groups (broad SMARTS) is 1. The van der Waals surface area contributed by atoms with Gasteiger partial charge in [-0.3, -0.25) is 4.79 Å². The quantitative estimate of drug-likeness (QED) is 0.0957. The van der Waals surface area contributed by atoms with E-state index in [1.165, 1.54) is 22.3 Å². The molecule has 222 valence electrons. The number of carbonyl (C=O) groups excluding carboxylic acids is 1. The number of carbonyl (C=O) groups is 2. The molecule has 3 N–H and O–H groups in total. The minimum absolute atomic E-state index is 0. The molecule has 1 aromatic carbocycles. The smallest absolute Gasteiger partial charge is 0.352 e. The molecule has 14 heteroatoms. The van der Waals surface area contributed by atoms with Crippen molar-refractivity contribution in [2.24, 2.45) is 11.8 Å². The Kier molecular flexibility index (Phi) is 9.53. The fraction of sp³-hybridized carbons (Fsp3) is 0.321. The van der Waals surface area contributed by atoms with Crippen LogP contribution in [0.1, 0.15) is 29.9 Å². The Hall–Kier alpha value is -2.78. The number of thioether (sulfide) groups is 1. The standard InChI is InChI=1S/C28H27N5O5S2.2BrH/c1-15-21(24(28(37)38)33-23(15)22(16(2)34)25(33)36)19-12-32-14-31(26(39-3)27(32)40-19)11-18-6-4-5-17(9-18)10-30-8-7-20(35)29-13-30;;/h4-9,12-16,22-23,34H,10-11H2,1-3H3;2*1H/t15-,16+,22+,23+;;/m0../s1. The molecule has 1 saturated heterocycles. The number of amides is 1. The number of benzene rings is 1. The molecule has 42 heavy (non-hydrogen) atoms. The summed E-state index contributed by atoms with van der Waals surface area (Å²) in [5, 5.41) is 21.3. The van der Waals surface area contributed by atoms with Crippen LogP contribution in [-0.2, 0) is 22.7 Å². The number of fused-ring (bicyclic) bond motifs is 2. The van der Waals surface area contributed by atoms with Crippen LogP contribution in [0.5, 0.6) is 0 Å². The van der Waals surface area contributed by atoms with Crippen molar-refractivity contribution in [3.63, 3.8) is 0 Å². The van der Waals surface area contributed by atoms with E-state index in [1.807, 2.05) is 40.7 Å². The first-order chi connectivity index (χ1) is 19.2. The Labute approximate surface area is 270 Å². The van der Waals surface area contributed by atoms with Gasteiger partial charge in [-0.05, 0) is 30.4 Å². The lowest BCUT2D eigenvalue weighted by atomic mass is 9.77. The number of carboxylic acids is 1. The highest BCUT2D eigenvalue weighted by molar-refractivity contribution is 7.98. The summed E-state index contributed by atoms with van der Waals surface area (Å²) in [4.78, 5) is 42.3. The topological polar surface area (TPSA) is 124 Å². The lowest BCUT2D eigenvalue weighted by Gasteiger charge is -2.46. The molecule has 4 aromatic rings. The van der Waals surface area contributed by atoms with E-state index in [9.17, 15) is 24.6 Å². The van der Waals surface area contributed by atoms with Gasteiger partial charge in [-0.25, -0.2) is 23.7 Å². The van der Waals surface area contributed by atoms with Crippen molar-refractivity contribution < 1.29 is 62.7 Å². The molecule has 6 rings (SSSR count). The van der Waals surface area contributed by atoms with Crippen molar-refractivity contribution in [2.45, 2.75) is 44.1 Å². The SMILES string of the molecule is CSc1c2sc(C3=C(C(=O)O)N4C(=O)[C@H]([C@@H](C)O)[C@H]4[C@H]3C)c[n+]2cn1Cc1cccc(C[n+]2ccc(=O)[nH]c2)c1.[Br-].[Br-]. The van der Waals surface area contributed by atoms with Crippen LogP contribution in [0.3, 0.4) is 0 Å². The number of thiazole rings is 1. The van der Waals surface area contributed by atoms with Gasteiger partial charge in [-0.1, -0.05) is 48.2 Å². The first-order valence-corrected chi connectivity index (χ1v) is 14.9. The molecule has 4 atom stereocenters. The van der Waals surface area contributed by atoms with E-state index in [4.69, 9.17) is 0 Å². The van der Waals surface area contributed by atoms with Gasteiger partial charge < -0.3 is 49.1 Å². The number of aliphatic hydroxyl groups is 1. The van der Waals surface area contributed by atoms with Crippen molar-refractivity contribution in [3.05, 3.63) is 87.4 Å². The minimum atomic E-state index is -1.13. The zero-order chi connectivity index (χ0) is 28.3. The Morgan fingerprint density at radius 2 is 1.95 bits per heavy atom. The molecule has 1 fully saturated rings. The number of hydrogen-bond acceptors (Lipinski definition) is 6. The van der Waals surface area contributed by atoms with Gasteiger partial charge >= 0.3 is 11.5 Å². The zero-order valence-corrected chi connectivity index (χ0v) is 27.7. The molecule has 0 radical (unpaired) electrons. The van der Waals surface area contributed by atoms with Crippen molar-refractivity contribution in [1.29, 1.82) is 0 Å². The van der Waals surface area contributed by atoms with Crippen LogP contribution in [0.4, 0.5) is 0 Å². The van der Waals surface area contributed by atoms with E-state index in [0.29, 0.717) is 18.7 Å². The van der Waals surface area contributed by atoms with Crippen molar-refractivity contribution in [3.8, 4) is 0 Å². The summed E-state index contributed by atoms with van der Waals surface area (Å²) in [5.74, 6) is -2.25. The molecule has 0 spiro atoms. The van der Waals surface area contributed by atoms with Crippen molar-refractivity contribution in [2.75, 3.05) is 6.26 Å². The van der Waals surface area contributed by atoms with E-state index >= 15 is 0 Å². The predicted octanol–water partition coefficient (Wildman–Crippen LogP) is -4.26. The third-order valence-corrected chi connectivity index (χ3v) is 9.82. The summed E-state index contributed by atoms with van der Waals surface area (Å²) in [5.41, 5.74) is 2.78. The number of rotatable bonds is 8. The predicted molar refractivity (Wildman–Crippen MR) is 149 cm³/mol. The highest BCUT2D eigenvalue weighted by Gasteiger charge is 2.60. The number of aromatic nitrogens is 4. The maximum Gasteiger partial charge on any atom is 0.352 e. The van der Waals surface area contributed by atoms with Crippen LogP contribution in [0.25, 0.3) is 10.4 Å². The maximum atomic E-state index is 12.7. The molecule has 0 aliphatic carbocycles. The van der Waals surface area contributed by atoms with Crippen LogP contribution in [0.15, 0.2) is 70.9 Å². The van der Waals surface area contributed by atoms with Crippen LogP contribution in [-0.4, -0.2) is 54.9 Å². The fourth-order valence-electron chi connectivity index (χ4n) is 6.00. The van der Waals surface area contributed by atoms with Gasteiger partial charge in [0.2, 0.25) is 22.1 Å². The number of H-pyrrole nitrogens is 1.